The summed E-state index contributed by atoms with van der Waals surface area (Å²) in [6, 6.07) is 10.1. The summed E-state index contributed by atoms with van der Waals surface area (Å²) in [7, 11) is 0. The molecule has 1 unspecified atom stereocenters. The number of hydrogen-bond acceptors (Lipinski definition) is 3. The first-order chi connectivity index (χ1) is 8.61. The minimum atomic E-state index is 0.0258. The van der Waals surface area contributed by atoms with E-state index in [4.69, 9.17) is 10.5 Å². The Morgan fingerprint density at radius 2 is 2.00 bits per heavy atom. The molecular weight excluding hydrogens is 224 g/mol. The minimum Gasteiger partial charge on any atom is -0.487 e. The van der Waals surface area contributed by atoms with E-state index in [9.17, 15) is 0 Å². The van der Waals surface area contributed by atoms with Crippen LogP contribution in [0.3, 0.4) is 0 Å². The fourth-order valence-corrected chi connectivity index (χ4v) is 1.93. The molecular formula is C15H20N2O. The lowest BCUT2D eigenvalue weighted by molar-refractivity contribution is 0.161. The molecule has 0 radical (unpaired) electrons. The summed E-state index contributed by atoms with van der Waals surface area (Å²) < 4.78 is 6.01. The summed E-state index contributed by atoms with van der Waals surface area (Å²) in [5.41, 5.74) is 7.66. The highest BCUT2D eigenvalue weighted by Gasteiger charge is 2.15. The lowest BCUT2D eigenvalue weighted by atomic mass is 10.1. The standard InChI is InChI=1S/C15H20N2O/c1-10(2)14(9-16)18-13-6-4-5-12-8-7-11(3)17-15(12)13/h4-8,10,14H,9,16H2,1-3H3. The van der Waals surface area contributed by atoms with E-state index in [1.807, 2.05) is 31.2 Å². The molecule has 0 aliphatic carbocycles. The third kappa shape index (κ3) is 2.62. The van der Waals surface area contributed by atoms with Gasteiger partial charge in [-0.25, -0.2) is 4.98 Å². The van der Waals surface area contributed by atoms with Crippen molar-refractivity contribution in [3.63, 3.8) is 0 Å². The van der Waals surface area contributed by atoms with Gasteiger partial charge >= 0.3 is 0 Å². The molecule has 0 aliphatic rings. The van der Waals surface area contributed by atoms with E-state index >= 15 is 0 Å². The van der Waals surface area contributed by atoms with E-state index in [0.29, 0.717) is 12.5 Å². The van der Waals surface area contributed by atoms with Crippen LogP contribution in [0.1, 0.15) is 19.5 Å². The van der Waals surface area contributed by atoms with Crippen LogP contribution in [0.2, 0.25) is 0 Å². The fraction of sp³-hybridized carbons (Fsp3) is 0.400. The number of nitrogens with zero attached hydrogens (tertiary/aromatic N) is 1. The molecule has 0 saturated heterocycles. The molecule has 0 spiro atoms. The van der Waals surface area contributed by atoms with Gasteiger partial charge in [0.1, 0.15) is 17.4 Å². The van der Waals surface area contributed by atoms with Crippen LogP contribution < -0.4 is 10.5 Å². The van der Waals surface area contributed by atoms with E-state index in [2.05, 4.69) is 24.9 Å². The van der Waals surface area contributed by atoms with Crippen LogP contribution in [0.5, 0.6) is 5.75 Å². The molecule has 0 bridgehead atoms. The van der Waals surface area contributed by atoms with Gasteiger partial charge < -0.3 is 10.5 Å². The topological polar surface area (TPSA) is 48.1 Å². The maximum atomic E-state index is 6.01. The van der Waals surface area contributed by atoms with Crippen molar-refractivity contribution in [2.24, 2.45) is 11.7 Å². The summed E-state index contributed by atoms with van der Waals surface area (Å²) in [5, 5.41) is 1.10. The van der Waals surface area contributed by atoms with Gasteiger partial charge in [-0.1, -0.05) is 32.0 Å². The molecule has 2 rings (SSSR count). The van der Waals surface area contributed by atoms with Crippen LogP contribution in [0.15, 0.2) is 30.3 Å². The highest BCUT2D eigenvalue weighted by molar-refractivity contribution is 5.84. The maximum absolute atomic E-state index is 6.01. The second-order valence-electron chi connectivity index (χ2n) is 4.92. The molecule has 3 heteroatoms. The summed E-state index contributed by atoms with van der Waals surface area (Å²) >= 11 is 0. The first kappa shape index (κ1) is 12.8. The van der Waals surface area contributed by atoms with Crippen molar-refractivity contribution in [1.82, 2.24) is 4.98 Å². The van der Waals surface area contributed by atoms with Gasteiger partial charge in [-0.15, -0.1) is 0 Å². The van der Waals surface area contributed by atoms with Crippen molar-refractivity contribution in [3.05, 3.63) is 36.0 Å². The van der Waals surface area contributed by atoms with Crippen molar-refractivity contribution in [2.45, 2.75) is 26.9 Å². The van der Waals surface area contributed by atoms with E-state index in [-0.39, 0.29) is 6.10 Å². The van der Waals surface area contributed by atoms with E-state index in [1.165, 1.54) is 0 Å². The molecule has 96 valence electrons. The second-order valence-corrected chi connectivity index (χ2v) is 4.92. The number of benzene rings is 1. The zero-order valence-corrected chi connectivity index (χ0v) is 11.2. The van der Waals surface area contributed by atoms with Crippen LogP contribution in [0.25, 0.3) is 10.9 Å². The smallest absolute Gasteiger partial charge is 0.146 e. The summed E-state index contributed by atoms with van der Waals surface area (Å²) in [6.45, 7) is 6.72. The van der Waals surface area contributed by atoms with Crippen LogP contribution in [0.4, 0.5) is 0 Å². The van der Waals surface area contributed by atoms with Gasteiger partial charge in [0.2, 0.25) is 0 Å². The molecule has 1 atom stereocenters. The van der Waals surface area contributed by atoms with Gasteiger partial charge in [0, 0.05) is 17.6 Å². The summed E-state index contributed by atoms with van der Waals surface area (Å²) in [6.07, 6.45) is 0.0258. The van der Waals surface area contributed by atoms with Crippen LogP contribution in [0, 0.1) is 12.8 Å². The Bertz CT molecular complexity index is 537. The van der Waals surface area contributed by atoms with Crippen molar-refractivity contribution < 1.29 is 4.74 Å². The van der Waals surface area contributed by atoms with Gasteiger partial charge in [0.25, 0.3) is 0 Å². The Morgan fingerprint density at radius 1 is 1.22 bits per heavy atom. The van der Waals surface area contributed by atoms with Crippen molar-refractivity contribution in [2.75, 3.05) is 6.54 Å². The van der Waals surface area contributed by atoms with Gasteiger partial charge in [0.15, 0.2) is 0 Å². The maximum Gasteiger partial charge on any atom is 0.146 e. The molecule has 3 nitrogen and oxygen atoms in total. The number of aromatic nitrogens is 1. The van der Waals surface area contributed by atoms with E-state index < -0.39 is 0 Å². The number of nitrogens with two attached hydrogens (primary N) is 1. The highest BCUT2D eigenvalue weighted by Crippen LogP contribution is 2.25. The molecule has 0 fully saturated rings. The number of rotatable bonds is 4. The molecule has 0 saturated carbocycles. The van der Waals surface area contributed by atoms with Crippen LogP contribution in [-0.4, -0.2) is 17.6 Å². The normalized spacial score (nSPS) is 12.9. The average Bonchev–Trinajstić information content (AvgIpc) is 2.35. The summed E-state index contributed by atoms with van der Waals surface area (Å²) in [4.78, 5) is 4.56. The number of fused-ring (bicyclic) bond motifs is 1. The molecule has 1 heterocycles. The molecule has 2 N–H and O–H groups in total. The van der Waals surface area contributed by atoms with Crippen molar-refractivity contribution >= 4 is 10.9 Å². The Morgan fingerprint density at radius 3 is 2.67 bits per heavy atom. The Labute approximate surface area is 108 Å². The lowest BCUT2D eigenvalue weighted by Crippen LogP contribution is -2.31. The van der Waals surface area contributed by atoms with Crippen LogP contribution >= 0.6 is 0 Å². The SMILES string of the molecule is Cc1ccc2cccc(OC(CN)C(C)C)c2n1. The molecule has 1 aromatic carbocycles. The number of para-hydroxylation sites is 1. The molecule has 2 aromatic rings. The molecule has 18 heavy (non-hydrogen) atoms. The molecule has 0 aliphatic heterocycles. The average molecular weight is 244 g/mol. The lowest BCUT2D eigenvalue weighted by Gasteiger charge is -2.21. The van der Waals surface area contributed by atoms with Crippen molar-refractivity contribution in [3.8, 4) is 5.75 Å². The third-order valence-electron chi connectivity index (χ3n) is 3.08. The number of hydrogen-bond donors (Lipinski definition) is 1. The van der Waals surface area contributed by atoms with E-state index in [0.717, 1.165) is 22.3 Å². The number of pyridine rings is 1. The van der Waals surface area contributed by atoms with Gasteiger partial charge in [0.05, 0.1) is 0 Å². The second kappa shape index (κ2) is 5.36. The Hall–Kier alpha value is -1.61. The minimum absolute atomic E-state index is 0.0258. The molecule has 0 amide bonds. The van der Waals surface area contributed by atoms with E-state index in [1.54, 1.807) is 0 Å². The zero-order valence-electron chi connectivity index (χ0n) is 11.2. The monoisotopic (exact) mass is 244 g/mol. The Balaban J connectivity index is 2.41. The van der Waals surface area contributed by atoms with Crippen molar-refractivity contribution in [1.29, 1.82) is 0 Å². The number of ether oxygens (including phenoxy) is 1. The van der Waals surface area contributed by atoms with Gasteiger partial charge in [-0.2, -0.15) is 0 Å². The quantitative estimate of drug-likeness (QED) is 0.899. The van der Waals surface area contributed by atoms with Gasteiger partial charge in [-0.3, -0.25) is 0 Å². The summed E-state index contributed by atoms with van der Waals surface area (Å²) in [5.74, 6) is 1.20. The number of aryl methyl sites for hydroxylation is 1. The first-order valence-corrected chi connectivity index (χ1v) is 6.35. The Kier molecular flexibility index (Phi) is 3.82. The van der Waals surface area contributed by atoms with Gasteiger partial charge in [-0.05, 0) is 25.0 Å². The predicted molar refractivity (Wildman–Crippen MR) is 74.8 cm³/mol. The third-order valence-corrected chi connectivity index (χ3v) is 3.08. The predicted octanol–water partition coefficient (Wildman–Crippen LogP) is 2.91. The molecule has 1 aromatic heterocycles. The zero-order chi connectivity index (χ0) is 13.1. The fourth-order valence-electron chi connectivity index (χ4n) is 1.93. The highest BCUT2D eigenvalue weighted by atomic mass is 16.5. The first-order valence-electron chi connectivity index (χ1n) is 6.35. The largest absolute Gasteiger partial charge is 0.487 e. The van der Waals surface area contributed by atoms with Crippen LogP contribution in [-0.2, 0) is 0 Å².